The highest BCUT2D eigenvalue weighted by Crippen LogP contribution is 2.33. The number of amides is 1. The molecule has 5 heteroatoms. The topological polar surface area (TPSA) is 55.1 Å². The van der Waals surface area contributed by atoms with Gasteiger partial charge in [0.1, 0.15) is 4.88 Å². The second-order valence-corrected chi connectivity index (χ2v) is 6.34. The van der Waals surface area contributed by atoms with E-state index in [0.29, 0.717) is 10.6 Å². The Balaban J connectivity index is 2.24. The predicted octanol–water partition coefficient (Wildman–Crippen LogP) is 3.35. The molecule has 0 radical (unpaired) electrons. The summed E-state index contributed by atoms with van der Waals surface area (Å²) in [6, 6.07) is 8.05. The van der Waals surface area contributed by atoms with Gasteiger partial charge in [0.15, 0.2) is 0 Å². The van der Waals surface area contributed by atoms with Crippen molar-refractivity contribution in [2.75, 3.05) is 17.7 Å². The average molecular weight is 294 g/mol. The highest BCUT2D eigenvalue weighted by atomic mass is 32.2. The minimum atomic E-state index is -0.0559. The van der Waals surface area contributed by atoms with Crippen LogP contribution in [0.4, 0.5) is 5.69 Å². The van der Waals surface area contributed by atoms with E-state index < -0.39 is 0 Å². The van der Waals surface area contributed by atoms with Gasteiger partial charge in [-0.2, -0.15) is 11.8 Å². The van der Waals surface area contributed by atoms with Gasteiger partial charge in [-0.05, 0) is 18.7 Å². The molecular formula is C14H18N2OS2. The fourth-order valence-corrected chi connectivity index (χ4v) is 3.70. The molecule has 0 bridgehead atoms. The molecule has 1 aromatic carbocycles. The number of nitrogens with one attached hydrogen (secondary N) is 1. The predicted molar refractivity (Wildman–Crippen MR) is 86.2 cm³/mol. The first-order valence-corrected chi connectivity index (χ1v) is 8.45. The molecule has 1 aromatic heterocycles. The molecule has 1 unspecified atom stereocenters. The summed E-state index contributed by atoms with van der Waals surface area (Å²) >= 11 is 3.20. The molecular weight excluding hydrogens is 276 g/mol. The van der Waals surface area contributed by atoms with E-state index in [1.807, 2.05) is 30.5 Å². The molecule has 0 saturated carbocycles. The number of carbonyl (C=O) groups excluding carboxylic acids is 1. The van der Waals surface area contributed by atoms with Gasteiger partial charge in [-0.1, -0.05) is 25.1 Å². The number of rotatable bonds is 5. The zero-order valence-electron chi connectivity index (χ0n) is 11.1. The van der Waals surface area contributed by atoms with E-state index in [0.717, 1.165) is 22.3 Å². The zero-order chi connectivity index (χ0) is 13.8. The minimum Gasteiger partial charge on any atom is -0.397 e. The van der Waals surface area contributed by atoms with Crippen LogP contribution in [-0.4, -0.2) is 24.0 Å². The molecule has 0 aliphatic rings. The molecule has 2 aromatic rings. The maximum atomic E-state index is 12.3. The Morgan fingerprint density at radius 1 is 1.47 bits per heavy atom. The fourth-order valence-electron chi connectivity index (χ4n) is 1.95. The molecule has 0 saturated heterocycles. The first kappa shape index (κ1) is 14.2. The van der Waals surface area contributed by atoms with Crippen molar-refractivity contribution >= 4 is 44.8 Å². The number of nitrogen functional groups attached to an aromatic ring is 1. The lowest BCUT2D eigenvalue weighted by Crippen LogP contribution is -2.36. The fraction of sp³-hybridized carbons (Fsp3) is 0.357. The molecule has 0 aliphatic carbocycles. The molecule has 102 valence electrons. The lowest BCUT2D eigenvalue weighted by Gasteiger charge is -2.15. The standard InChI is InChI=1S/C14H18N2OS2/c1-3-9(8-18-2)16-14(17)13-12(15)10-6-4-5-7-11(10)19-13/h4-7,9H,3,8,15H2,1-2H3,(H,16,17). The van der Waals surface area contributed by atoms with Crippen molar-refractivity contribution in [2.24, 2.45) is 0 Å². The van der Waals surface area contributed by atoms with Crippen LogP contribution in [0.3, 0.4) is 0 Å². The first-order chi connectivity index (χ1) is 9.17. The maximum Gasteiger partial charge on any atom is 0.263 e. The van der Waals surface area contributed by atoms with Crippen molar-refractivity contribution in [3.63, 3.8) is 0 Å². The number of carbonyl (C=O) groups is 1. The summed E-state index contributed by atoms with van der Waals surface area (Å²) in [5.41, 5.74) is 6.67. The van der Waals surface area contributed by atoms with Gasteiger partial charge in [0.05, 0.1) is 5.69 Å². The molecule has 0 fully saturated rings. The van der Waals surface area contributed by atoms with E-state index in [1.165, 1.54) is 11.3 Å². The number of thiophene rings is 1. The third kappa shape index (κ3) is 3.04. The number of nitrogens with two attached hydrogens (primary N) is 1. The molecule has 19 heavy (non-hydrogen) atoms. The maximum absolute atomic E-state index is 12.3. The van der Waals surface area contributed by atoms with Crippen LogP contribution >= 0.6 is 23.1 Å². The van der Waals surface area contributed by atoms with E-state index in [4.69, 9.17) is 5.73 Å². The van der Waals surface area contributed by atoms with Crippen LogP contribution in [0.5, 0.6) is 0 Å². The summed E-state index contributed by atoms with van der Waals surface area (Å²) in [5, 5.41) is 4.02. The van der Waals surface area contributed by atoms with Gasteiger partial charge in [-0.15, -0.1) is 11.3 Å². The lowest BCUT2D eigenvalue weighted by molar-refractivity contribution is 0.0945. The van der Waals surface area contributed by atoms with Gasteiger partial charge in [-0.25, -0.2) is 0 Å². The van der Waals surface area contributed by atoms with Crippen molar-refractivity contribution in [3.05, 3.63) is 29.1 Å². The second-order valence-electron chi connectivity index (χ2n) is 4.37. The van der Waals surface area contributed by atoms with Crippen molar-refractivity contribution in [1.82, 2.24) is 5.32 Å². The van der Waals surface area contributed by atoms with Crippen molar-refractivity contribution < 1.29 is 4.79 Å². The largest absolute Gasteiger partial charge is 0.397 e. The SMILES string of the molecule is CCC(CSC)NC(=O)c1sc2ccccc2c1N. The summed E-state index contributed by atoms with van der Waals surface area (Å²) in [7, 11) is 0. The van der Waals surface area contributed by atoms with Gasteiger partial charge in [0.25, 0.3) is 5.91 Å². The molecule has 3 N–H and O–H groups in total. The van der Waals surface area contributed by atoms with Crippen LogP contribution in [0.25, 0.3) is 10.1 Å². The Morgan fingerprint density at radius 2 is 2.21 bits per heavy atom. The monoisotopic (exact) mass is 294 g/mol. The number of anilines is 1. The lowest BCUT2D eigenvalue weighted by atomic mass is 10.2. The molecule has 3 nitrogen and oxygen atoms in total. The smallest absolute Gasteiger partial charge is 0.263 e. The number of benzene rings is 1. The zero-order valence-corrected chi connectivity index (χ0v) is 12.7. The summed E-state index contributed by atoms with van der Waals surface area (Å²) < 4.78 is 1.06. The Morgan fingerprint density at radius 3 is 2.84 bits per heavy atom. The Bertz CT molecular complexity index is 580. The third-order valence-electron chi connectivity index (χ3n) is 3.04. The molecule has 1 heterocycles. The highest BCUT2D eigenvalue weighted by Gasteiger charge is 2.18. The summed E-state index contributed by atoms with van der Waals surface area (Å²) in [6.07, 6.45) is 2.97. The van der Waals surface area contributed by atoms with Crippen molar-refractivity contribution in [2.45, 2.75) is 19.4 Å². The van der Waals surface area contributed by atoms with E-state index in [1.54, 1.807) is 11.8 Å². The van der Waals surface area contributed by atoms with Crippen LogP contribution in [0.15, 0.2) is 24.3 Å². The van der Waals surface area contributed by atoms with E-state index in [9.17, 15) is 4.79 Å². The molecule has 1 amide bonds. The van der Waals surface area contributed by atoms with Crippen LogP contribution in [0.2, 0.25) is 0 Å². The van der Waals surface area contributed by atoms with Crippen molar-refractivity contribution in [1.29, 1.82) is 0 Å². The second kappa shape index (κ2) is 6.30. The van der Waals surface area contributed by atoms with Gasteiger partial charge in [0.2, 0.25) is 0 Å². The Hall–Kier alpha value is -1.20. The average Bonchev–Trinajstić information content (AvgIpc) is 2.76. The van der Waals surface area contributed by atoms with Gasteiger partial charge in [-0.3, -0.25) is 4.79 Å². The van der Waals surface area contributed by atoms with Gasteiger partial charge in [0, 0.05) is 21.9 Å². The van der Waals surface area contributed by atoms with Crippen LogP contribution < -0.4 is 11.1 Å². The number of fused-ring (bicyclic) bond motifs is 1. The Labute approximate surface area is 121 Å². The van der Waals surface area contributed by atoms with Gasteiger partial charge < -0.3 is 11.1 Å². The summed E-state index contributed by atoms with van der Waals surface area (Å²) in [4.78, 5) is 12.9. The minimum absolute atomic E-state index is 0.0559. The normalized spacial score (nSPS) is 12.5. The summed E-state index contributed by atoms with van der Waals surface area (Å²) in [5.74, 6) is 0.868. The number of hydrogen-bond donors (Lipinski definition) is 2. The highest BCUT2D eigenvalue weighted by molar-refractivity contribution is 7.98. The number of hydrogen-bond acceptors (Lipinski definition) is 4. The molecule has 0 spiro atoms. The van der Waals surface area contributed by atoms with Crippen LogP contribution in [0, 0.1) is 0 Å². The van der Waals surface area contributed by atoms with Crippen molar-refractivity contribution in [3.8, 4) is 0 Å². The molecule has 2 rings (SSSR count). The summed E-state index contributed by atoms with van der Waals surface area (Å²) in [6.45, 7) is 2.08. The quantitative estimate of drug-likeness (QED) is 0.889. The Kier molecular flexibility index (Phi) is 4.71. The van der Waals surface area contributed by atoms with E-state index in [-0.39, 0.29) is 11.9 Å². The number of thioether (sulfide) groups is 1. The van der Waals surface area contributed by atoms with Crippen LogP contribution in [0.1, 0.15) is 23.0 Å². The molecule has 0 aliphatic heterocycles. The first-order valence-electron chi connectivity index (χ1n) is 6.24. The third-order valence-corrected chi connectivity index (χ3v) is 4.96. The van der Waals surface area contributed by atoms with E-state index >= 15 is 0 Å². The van der Waals surface area contributed by atoms with Gasteiger partial charge >= 0.3 is 0 Å². The van der Waals surface area contributed by atoms with E-state index in [2.05, 4.69) is 12.2 Å². The molecule has 1 atom stereocenters. The van der Waals surface area contributed by atoms with Crippen LogP contribution in [-0.2, 0) is 0 Å².